The molecule has 0 amide bonds. The largest absolute Gasteiger partial charge is 0.366 e. The molecule has 0 radical (unpaired) electrons. The maximum atomic E-state index is 13.7. The molecule has 0 fully saturated rings. The zero-order chi connectivity index (χ0) is 18.2. The molecule has 134 valence electrons. The maximum absolute atomic E-state index is 13.7. The Hall–Kier alpha value is -2.95. The Morgan fingerprint density at radius 1 is 0.923 bits per heavy atom. The van der Waals surface area contributed by atoms with Crippen LogP contribution in [-0.4, -0.2) is 16.5 Å². The molecular formula is C21H23FN4. The summed E-state index contributed by atoms with van der Waals surface area (Å²) in [4.78, 5) is 8.88. The van der Waals surface area contributed by atoms with Crippen molar-refractivity contribution >= 4 is 11.8 Å². The predicted molar refractivity (Wildman–Crippen MR) is 104 cm³/mol. The van der Waals surface area contributed by atoms with Gasteiger partial charge in [-0.05, 0) is 31.4 Å². The van der Waals surface area contributed by atoms with Crippen LogP contribution < -0.4 is 10.6 Å². The number of aryl methyl sites for hydroxylation is 2. The van der Waals surface area contributed by atoms with Crippen molar-refractivity contribution in [2.24, 2.45) is 0 Å². The Bertz CT molecular complexity index is 836. The van der Waals surface area contributed by atoms with Crippen LogP contribution in [-0.2, 0) is 13.0 Å². The lowest BCUT2D eigenvalue weighted by molar-refractivity contribution is 0.613. The number of hydrogen-bond donors (Lipinski definition) is 2. The number of nitrogens with one attached hydrogen (secondary N) is 2. The first-order chi connectivity index (χ1) is 12.7. The Labute approximate surface area is 153 Å². The van der Waals surface area contributed by atoms with Gasteiger partial charge in [-0.15, -0.1) is 0 Å². The summed E-state index contributed by atoms with van der Waals surface area (Å²) in [7, 11) is 0. The molecule has 0 bridgehead atoms. The van der Waals surface area contributed by atoms with Crippen LogP contribution in [0, 0.1) is 12.7 Å². The van der Waals surface area contributed by atoms with E-state index in [1.807, 2.05) is 25.1 Å². The highest BCUT2D eigenvalue weighted by molar-refractivity contribution is 5.42. The van der Waals surface area contributed by atoms with Crippen LogP contribution in [0.5, 0.6) is 0 Å². The van der Waals surface area contributed by atoms with E-state index in [-0.39, 0.29) is 5.82 Å². The Morgan fingerprint density at radius 2 is 1.69 bits per heavy atom. The van der Waals surface area contributed by atoms with Gasteiger partial charge in [0.25, 0.3) is 0 Å². The molecular weight excluding hydrogens is 327 g/mol. The molecule has 0 atom stereocenters. The Balaban J connectivity index is 1.53. The van der Waals surface area contributed by atoms with Crippen LogP contribution in [0.15, 0.2) is 60.7 Å². The summed E-state index contributed by atoms with van der Waals surface area (Å²) < 4.78 is 13.7. The van der Waals surface area contributed by atoms with Gasteiger partial charge in [0.15, 0.2) is 0 Å². The van der Waals surface area contributed by atoms with Crippen molar-refractivity contribution in [3.63, 3.8) is 0 Å². The van der Waals surface area contributed by atoms with Gasteiger partial charge in [-0.3, -0.25) is 0 Å². The zero-order valence-electron chi connectivity index (χ0n) is 14.9. The van der Waals surface area contributed by atoms with Gasteiger partial charge in [-0.1, -0.05) is 48.5 Å². The first-order valence-corrected chi connectivity index (χ1v) is 8.81. The highest BCUT2D eigenvalue weighted by atomic mass is 19.1. The fraction of sp³-hybridized carbons (Fsp3) is 0.238. The summed E-state index contributed by atoms with van der Waals surface area (Å²) in [5, 5.41) is 6.44. The molecule has 26 heavy (non-hydrogen) atoms. The van der Waals surface area contributed by atoms with Crippen LogP contribution in [0.25, 0.3) is 0 Å². The number of hydrogen-bond acceptors (Lipinski definition) is 4. The van der Waals surface area contributed by atoms with Crippen LogP contribution in [0.1, 0.15) is 23.2 Å². The molecule has 1 aromatic heterocycles. The van der Waals surface area contributed by atoms with Crippen molar-refractivity contribution in [2.45, 2.75) is 26.3 Å². The standard InChI is InChI=1S/C21H23FN4/c1-16-14-20(24-15-18-11-5-6-12-19(18)22)26-21(25-16)23-13-7-10-17-8-3-2-4-9-17/h2-6,8-9,11-12,14H,7,10,13,15H2,1H3,(H2,23,24,25,26). The molecule has 1 heterocycles. The second kappa shape index (κ2) is 8.94. The second-order valence-corrected chi connectivity index (χ2v) is 6.18. The lowest BCUT2D eigenvalue weighted by Gasteiger charge is -2.10. The van der Waals surface area contributed by atoms with Crippen molar-refractivity contribution < 1.29 is 4.39 Å². The molecule has 3 aromatic rings. The fourth-order valence-electron chi connectivity index (χ4n) is 2.70. The quantitative estimate of drug-likeness (QED) is 0.584. The first kappa shape index (κ1) is 17.9. The number of halogens is 1. The molecule has 0 aliphatic heterocycles. The normalized spacial score (nSPS) is 10.5. The predicted octanol–water partition coefficient (Wildman–Crippen LogP) is 4.58. The minimum atomic E-state index is -0.218. The van der Waals surface area contributed by atoms with Crippen molar-refractivity contribution in [3.8, 4) is 0 Å². The number of rotatable bonds is 8. The van der Waals surface area contributed by atoms with Crippen molar-refractivity contribution in [1.82, 2.24) is 9.97 Å². The summed E-state index contributed by atoms with van der Waals surface area (Å²) in [5.41, 5.74) is 2.80. The van der Waals surface area contributed by atoms with Gasteiger partial charge in [-0.2, -0.15) is 4.98 Å². The molecule has 5 heteroatoms. The molecule has 0 saturated carbocycles. The maximum Gasteiger partial charge on any atom is 0.224 e. The average Bonchev–Trinajstić information content (AvgIpc) is 2.65. The summed E-state index contributed by atoms with van der Waals surface area (Å²) in [6, 6.07) is 19.0. The molecule has 2 N–H and O–H groups in total. The summed E-state index contributed by atoms with van der Waals surface area (Å²) in [5.74, 6) is 1.06. The number of anilines is 2. The molecule has 0 aliphatic carbocycles. The minimum absolute atomic E-state index is 0.218. The molecule has 0 aliphatic rings. The van der Waals surface area contributed by atoms with Gasteiger partial charge in [0.2, 0.25) is 5.95 Å². The average molecular weight is 350 g/mol. The molecule has 0 saturated heterocycles. The molecule has 2 aromatic carbocycles. The van der Waals surface area contributed by atoms with Crippen molar-refractivity contribution in [1.29, 1.82) is 0 Å². The van der Waals surface area contributed by atoms with Crippen LogP contribution >= 0.6 is 0 Å². The lowest BCUT2D eigenvalue weighted by atomic mass is 10.1. The second-order valence-electron chi connectivity index (χ2n) is 6.18. The fourth-order valence-corrected chi connectivity index (χ4v) is 2.70. The van der Waals surface area contributed by atoms with Gasteiger partial charge in [0.1, 0.15) is 11.6 Å². The highest BCUT2D eigenvalue weighted by Crippen LogP contribution is 2.13. The Kier molecular flexibility index (Phi) is 6.14. The number of aromatic nitrogens is 2. The van der Waals surface area contributed by atoms with Gasteiger partial charge in [0.05, 0.1) is 0 Å². The minimum Gasteiger partial charge on any atom is -0.366 e. The van der Waals surface area contributed by atoms with E-state index in [1.165, 1.54) is 11.6 Å². The lowest BCUT2D eigenvalue weighted by Crippen LogP contribution is -2.10. The van der Waals surface area contributed by atoms with Gasteiger partial charge in [-0.25, -0.2) is 9.37 Å². The molecule has 0 spiro atoms. The van der Waals surface area contributed by atoms with E-state index < -0.39 is 0 Å². The third-order valence-corrected chi connectivity index (χ3v) is 4.04. The third-order valence-electron chi connectivity index (χ3n) is 4.04. The SMILES string of the molecule is Cc1cc(NCc2ccccc2F)nc(NCCCc2ccccc2)n1. The molecule has 0 unspecified atom stereocenters. The number of nitrogens with zero attached hydrogens (tertiary/aromatic N) is 2. The van der Waals surface area contributed by atoms with Crippen molar-refractivity contribution in [2.75, 3.05) is 17.2 Å². The van der Waals surface area contributed by atoms with E-state index in [0.29, 0.717) is 23.9 Å². The highest BCUT2D eigenvalue weighted by Gasteiger charge is 2.04. The summed E-state index contributed by atoms with van der Waals surface area (Å²) in [6.07, 6.45) is 2.01. The molecule has 3 rings (SSSR count). The van der Waals surface area contributed by atoms with Crippen LogP contribution in [0.2, 0.25) is 0 Å². The van der Waals surface area contributed by atoms with Gasteiger partial charge >= 0.3 is 0 Å². The molecule has 4 nitrogen and oxygen atoms in total. The van der Waals surface area contributed by atoms with E-state index in [0.717, 1.165) is 25.1 Å². The summed E-state index contributed by atoms with van der Waals surface area (Å²) in [6.45, 7) is 3.10. The topological polar surface area (TPSA) is 49.8 Å². The zero-order valence-corrected chi connectivity index (χ0v) is 14.9. The van der Waals surface area contributed by atoms with Gasteiger partial charge in [0, 0.05) is 30.4 Å². The smallest absolute Gasteiger partial charge is 0.224 e. The first-order valence-electron chi connectivity index (χ1n) is 8.81. The summed E-state index contributed by atoms with van der Waals surface area (Å²) >= 11 is 0. The van der Waals surface area contributed by atoms with E-state index in [4.69, 9.17) is 0 Å². The van der Waals surface area contributed by atoms with E-state index in [2.05, 4.69) is 44.9 Å². The Morgan fingerprint density at radius 3 is 2.50 bits per heavy atom. The van der Waals surface area contributed by atoms with Crippen molar-refractivity contribution in [3.05, 3.63) is 83.3 Å². The van der Waals surface area contributed by atoms with E-state index >= 15 is 0 Å². The van der Waals surface area contributed by atoms with Crippen LogP contribution in [0.4, 0.5) is 16.2 Å². The van der Waals surface area contributed by atoms with Gasteiger partial charge < -0.3 is 10.6 Å². The van der Waals surface area contributed by atoms with Crippen LogP contribution in [0.3, 0.4) is 0 Å². The number of benzene rings is 2. The van der Waals surface area contributed by atoms with E-state index in [9.17, 15) is 4.39 Å². The third kappa shape index (κ3) is 5.28. The van der Waals surface area contributed by atoms with E-state index in [1.54, 1.807) is 12.1 Å². The monoisotopic (exact) mass is 350 g/mol.